The third-order valence-corrected chi connectivity index (χ3v) is 4.39. The number of benzene rings is 1. The molecule has 0 bridgehead atoms. The second-order valence-electron chi connectivity index (χ2n) is 5.35. The Kier molecular flexibility index (Phi) is 5.15. The van der Waals surface area contributed by atoms with Gasteiger partial charge >= 0.3 is 0 Å². The fourth-order valence-corrected chi connectivity index (χ4v) is 2.93. The summed E-state index contributed by atoms with van der Waals surface area (Å²) in [5.74, 6) is 0.463. The molecule has 1 aromatic rings. The summed E-state index contributed by atoms with van der Waals surface area (Å²) in [5.41, 5.74) is 0.968. The van der Waals surface area contributed by atoms with Crippen LogP contribution in [0.1, 0.15) is 19.3 Å². The molecule has 0 aliphatic heterocycles. The van der Waals surface area contributed by atoms with Crippen molar-refractivity contribution in [2.75, 3.05) is 12.4 Å². The fourth-order valence-electron chi connectivity index (χ4n) is 2.68. The molecular formula is C16H22N2OS. The highest BCUT2D eigenvalue weighted by Gasteiger charge is 2.31. The molecule has 1 aliphatic rings. The Balaban J connectivity index is 2.00. The topological polar surface area (TPSA) is 35.5 Å². The van der Waals surface area contributed by atoms with E-state index in [1.54, 1.807) is 0 Å². The average molecular weight is 290 g/mol. The number of nitrogens with one attached hydrogen (secondary N) is 1. The van der Waals surface area contributed by atoms with Gasteiger partial charge in [-0.2, -0.15) is 0 Å². The maximum absolute atomic E-state index is 10.2. The molecule has 1 aliphatic carbocycles. The van der Waals surface area contributed by atoms with Crippen molar-refractivity contribution >= 4 is 23.0 Å². The molecule has 3 nitrogen and oxygen atoms in total. The number of allylic oxidation sites excluding steroid dienone is 1. The number of anilines is 1. The standard InChI is InChI=1S/C16H22N2OS/c1-3-12-9-10-15(19)14(11-12)18(2)16(20)17-13-7-5-4-6-8-13/h3-8,12,14-15,19H,1,9-11H2,2H3,(H,17,20). The zero-order valence-electron chi connectivity index (χ0n) is 11.8. The zero-order chi connectivity index (χ0) is 14.5. The van der Waals surface area contributed by atoms with E-state index < -0.39 is 0 Å². The van der Waals surface area contributed by atoms with Crippen molar-refractivity contribution in [2.45, 2.75) is 31.4 Å². The van der Waals surface area contributed by atoms with E-state index in [-0.39, 0.29) is 12.1 Å². The molecule has 3 atom stereocenters. The van der Waals surface area contributed by atoms with E-state index in [4.69, 9.17) is 12.2 Å². The normalized spacial score (nSPS) is 25.8. The third kappa shape index (κ3) is 3.58. The predicted molar refractivity (Wildman–Crippen MR) is 87.8 cm³/mol. The minimum Gasteiger partial charge on any atom is -0.391 e. The number of hydrogen-bond donors (Lipinski definition) is 2. The van der Waals surface area contributed by atoms with Crippen LogP contribution in [0.2, 0.25) is 0 Å². The number of aliphatic hydroxyl groups is 1. The van der Waals surface area contributed by atoms with E-state index in [1.807, 2.05) is 48.4 Å². The van der Waals surface area contributed by atoms with Gasteiger partial charge in [0.05, 0.1) is 12.1 Å². The Morgan fingerprint density at radius 2 is 2.10 bits per heavy atom. The lowest BCUT2D eigenvalue weighted by molar-refractivity contribution is 0.0483. The maximum atomic E-state index is 10.2. The number of para-hydroxylation sites is 1. The second kappa shape index (κ2) is 6.86. The van der Waals surface area contributed by atoms with Crippen molar-refractivity contribution in [3.8, 4) is 0 Å². The fraction of sp³-hybridized carbons (Fsp3) is 0.438. The van der Waals surface area contributed by atoms with Crippen molar-refractivity contribution in [1.29, 1.82) is 0 Å². The SMILES string of the molecule is C=CC1CCC(O)C(N(C)C(=S)Nc2ccccc2)C1. The van der Waals surface area contributed by atoms with Crippen LogP contribution in [-0.2, 0) is 0 Å². The van der Waals surface area contributed by atoms with Gasteiger partial charge < -0.3 is 15.3 Å². The molecule has 3 unspecified atom stereocenters. The first-order valence-corrected chi connectivity index (χ1v) is 7.42. The molecule has 1 aromatic carbocycles. The Morgan fingerprint density at radius 1 is 1.40 bits per heavy atom. The first kappa shape index (κ1) is 15.0. The van der Waals surface area contributed by atoms with Gasteiger partial charge in [0.15, 0.2) is 5.11 Å². The maximum Gasteiger partial charge on any atom is 0.173 e. The van der Waals surface area contributed by atoms with Crippen LogP contribution in [0.4, 0.5) is 5.69 Å². The summed E-state index contributed by atoms with van der Waals surface area (Å²) >= 11 is 5.45. The number of likely N-dealkylation sites (N-methyl/N-ethyl adjacent to an activating group) is 1. The van der Waals surface area contributed by atoms with Crippen LogP contribution >= 0.6 is 12.2 Å². The van der Waals surface area contributed by atoms with Gasteiger partial charge in [-0.25, -0.2) is 0 Å². The van der Waals surface area contributed by atoms with Crippen LogP contribution in [0.25, 0.3) is 0 Å². The second-order valence-corrected chi connectivity index (χ2v) is 5.74. The quantitative estimate of drug-likeness (QED) is 0.662. The molecule has 2 rings (SSSR count). The van der Waals surface area contributed by atoms with Crippen molar-refractivity contribution in [2.24, 2.45) is 5.92 Å². The van der Waals surface area contributed by atoms with Crippen molar-refractivity contribution < 1.29 is 5.11 Å². The lowest BCUT2D eigenvalue weighted by Gasteiger charge is -2.39. The van der Waals surface area contributed by atoms with E-state index in [1.165, 1.54) is 0 Å². The highest BCUT2D eigenvalue weighted by molar-refractivity contribution is 7.80. The third-order valence-electron chi connectivity index (χ3n) is 4.00. The van der Waals surface area contributed by atoms with Crippen molar-refractivity contribution in [3.05, 3.63) is 43.0 Å². The summed E-state index contributed by atoms with van der Waals surface area (Å²) in [6, 6.07) is 9.91. The predicted octanol–water partition coefficient (Wildman–Crippen LogP) is 3.03. The smallest absolute Gasteiger partial charge is 0.173 e. The lowest BCUT2D eigenvalue weighted by atomic mass is 9.83. The minimum atomic E-state index is -0.327. The van der Waals surface area contributed by atoms with Crippen molar-refractivity contribution in [1.82, 2.24) is 4.90 Å². The van der Waals surface area contributed by atoms with Gasteiger partial charge in [-0.05, 0) is 49.5 Å². The molecular weight excluding hydrogens is 268 g/mol. The molecule has 4 heteroatoms. The van der Waals surface area contributed by atoms with Crippen LogP contribution in [0.5, 0.6) is 0 Å². The molecule has 0 heterocycles. The highest BCUT2D eigenvalue weighted by atomic mass is 32.1. The number of nitrogens with zero attached hydrogens (tertiary/aromatic N) is 1. The van der Waals surface area contributed by atoms with Gasteiger partial charge in [-0.3, -0.25) is 0 Å². The number of rotatable bonds is 3. The largest absolute Gasteiger partial charge is 0.391 e. The molecule has 20 heavy (non-hydrogen) atoms. The van der Waals surface area contributed by atoms with Gasteiger partial charge in [-0.1, -0.05) is 24.3 Å². The first-order valence-electron chi connectivity index (χ1n) is 7.01. The van der Waals surface area contributed by atoms with Crippen molar-refractivity contribution in [3.63, 3.8) is 0 Å². The molecule has 1 saturated carbocycles. The average Bonchev–Trinajstić information content (AvgIpc) is 2.48. The summed E-state index contributed by atoms with van der Waals surface area (Å²) in [4.78, 5) is 1.97. The Morgan fingerprint density at radius 3 is 2.75 bits per heavy atom. The lowest BCUT2D eigenvalue weighted by Crippen LogP contribution is -2.49. The van der Waals surface area contributed by atoms with E-state index in [2.05, 4.69) is 11.9 Å². The summed E-state index contributed by atoms with van der Waals surface area (Å²) in [6.07, 6.45) is 4.37. The molecule has 0 radical (unpaired) electrons. The minimum absolute atomic E-state index is 0.0514. The number of aliphatic hydroxyl groups excluding tert-OH is 1. The summed E-state index contributed by atoms with van der Waals surface area (Å²) in [7, 11) is 1.94. The molecule has 0 aromatic heterocycles. The summed E-state index contributed by atoms with van der Waals surface area (Å²) in [6.45, 7) is 3.87. The molecule has 1 fully saturated rings. The summed E-state index contributed by atoms with van der Waals surface area (Å²) in [5, 5.41) is 14.1. The van der Waals surface area contributed by atoms with Crippen LogP contribution in [0.15, 0.2) is 43.0 Å². The molecule has 0 spiro atoms. The van der Waals surface area contributed by atoms with E-state index >= 15 is 0 Å². The molecule has 0 amide bonds. The molecule has 108 valence electrons. The van der Waals surface area contributed by atoms with Gasteiger partial charge in [0.2, 0.25) is 0 Å². The monoisotopic (exact) mass is 290 g/mol. The van der Waals surface area contributed by atoms with Crippen LogP contribution in [0, 0.1) is 5.92 Å². The van der Waals surface area contributed by atoms with Gasteiger partial charge in [0.1, 0.15) is 0 Å². The van der Waals surface area contributed by atoms with Crippen LogP contribution in [0.3, 0.4) is 0 Å². The summed E-state index contributed by atoms with van der Waals surface area (Å²) < 4.78 is 0. The van der Waals surface area contributed by atoms with Gasteiger partial charge in [0, 0.05) is 12.7 Å². The Bertz CT molecular complexity index is 463. The highest BCUT2D eigenvalue weighted by Crippen LogP contribution is 2.28. The van der Waals surface area contributed by atoms with Crippen LogP contribution < -0.4 is 5.32 Å². The first-order chi connectivity index (χ1) is 9.61. The number of hydrogen-bond acceptors (Lipinski definition) is 2. The Hall–Kier alpha value is -1.39. The zero-order valence-corrected chi connectivity index (χ0v) is 12.6. The number of thiocarbonyl (C=S) groups is 1. The van der Waals surface area contributed by atoms with E-state index in [0.29, 0.717) is 11.0 Å². The van der Waals surface area contributed by atoms with Gasteiger partial charge in [0.25, 0.3) is 0 Å². The van der Waals surface area contributed by atoms with Crippen LogP contribution in [-0.4, -0.2) is 34.3 Å². The van der Waals surface area contributed by atoms with E-state index in [9.17, 15) is 5.11 Å². The van der Waals surface area contributed by atoms with E-state index in [0.717, 1.165) is 24.9 Å². The van der Waals surface area contributed by atoms with Gasteiger partial charge in [-0.15, -0.1) is 6.58 Å². The molecule has 2 N–H and O–H groups in total. The Labute approximate surface area is 126 Å². The molecule has 0 saturated heterocycles.